The molecule has 0 unspecified atom stereocenters. The van der Waals surface area contributed by atoms with Gasteiger partial charge in [-0.2, -0.15) is 4.98 Å². The molecule has 0 atom stereocenters. The molecular formula is C20H21ClN4O2. The number of hydrogen-bond donors (Lipinski definition) is 2. The third kappa shape index (κ3) is 5.24. The maximum Gasteiger partial charge on any atom is 0.224 e. The van der Waals surface area contributed by atoms with Crippen LogP contribution in [0, 0.1) is 0 Å². The summed E-state index contributed by atoms with van der Waals surface area (Å²) in [5.41, 5.74) is 1.95. The first-order chi connectivity index (χ1) is 13.2. The molecule has 27 heavy (non-hydrogen) atoms. The molecule has 0 saturated carbocycles. The lowest BCUT2D eigenvalue weighted by molar-refractivity contribution is 0.395. The van der Waals surface area contributed by atoms with Gasteiger partial charge in [0.2, 0.25) is 5.95 Å². The molecule has 1 aromatic heterocycles. The van der Waals surface area contributed by atoms with E-state index in [1.807, 2.05) is 42.5 Å². The molecule has 3 aromatic rings. The zero-order valence-corrected chi connectivity index (χ0v) is 16.0. The van der Waals surface area contributed by atoms with E-state index in [0.717, 1.165) is 28.4 Å². The fourth-order valence-corrected chi connectivity index (χ4v) is 2.78. The van der Waals surface area contributed by atoms with Crippen LogP contribution in [-0.2, 0) is 6.42 Å². The quantitative estimate of drug-likeness (QED) is 0.594. The van der Waals surface area contributed by atoms with Crippen molar-refractivity contribution < 1.29 is 9.47 Å². The predicted octanol–water partition coefficient (Wildman–Crippen LogP) is 4.55. The number of halogens is 1. The summed E-state index contributed by atoms with van der Waals surface area (Å²) in [6.07, 6.45) is 2.53. The van der Waals surface area contributed by atoms with Gasteiger partial charge in [0.05, 0.1) is 19.9 Å². The molecule has 0 bridgehead atoms. The van der Waals surface area contributed by atoms with Crippen molar-refractivity contribution in [1.29, 1.82) is 0 Å². The number of hydrogen-bond acceptors (Lipinski definition) is 6. The minimum Gasteiger partial charge on any atom is -0.497 e. The molecule has 1 heterocycles. The Labute approximate surface area is 163 Å². The van der Waals surface area contributed by atoms with E-state index < -0.39 is 0 Å². The van der Waals surface area contributed by atoms with Crippen LogP contribution in [0.15, 0.2) is 54.7 Å². The van der Waals surface area contributed by atoms with Gasteiger partial charge in [-0.1, -0.05) is 23.7 Å². The highest BCUT2D eigenvalue weighted by Gasteiger charge is 2.07. The summed E-state index contributed by atoms with van der Waals surface area (Å²) < 4.78 is 10.6. The highest BCUT2D eigenvalue weighted by molar-refractivity contribution is 6.30. The number of methoxy groups -OCH3 is 2. The molecule has 0 amide bonds. The number of ether oxygens (including phenoxy) is 2. The minimum atomic E-state index is 0.550. The van der Waals surface area contributed by atoms with Crippen LogP contribution in [0.4, 0.5) is 17.5 Å². The summed E-state index contributed by atoms with van der Waals surface area (Å²) in [7, 11) is 3.23. The van der Waals surface area contributed by atoms with Crippen LogP contribution >= 0.6 is 11.6 Å². The lowest BCUT2D eigenvalue weighted by Crippen LogP contribution is -2.08. The molecule has 0 spiro atoms. The number of aromatic nitrogens is 2. The summed E-state index contributed by atoms with van der Waals surface area (Å²) >= 11 is 6.01. The Morgan fingerprint density at radius 3 is 2.70 bits per heavy atom. The first-order valence-corrected chi connectivity index (χ1v) is 8.86. The Morgan fingerprint density at radius 1 is 1.04 bits per heavy atom. The molecule has 7 heteroatoms. The largest absolute Gasteiger partial charge is 0.497 e. The normalized spacial score (nSPS) is 10.3. The Morgan fingerprint density at radius 2 is 1.93 bits per heavy atom. The minimum absolute atomic E-state index is 0.550. The molecule has 0 saturated heterocycles. The Hall–Kier alpha value is -2.99. The molecule has 2 aromatic carbocycles. The molecule has 0 aliphatic heterocycles. The van der Waals surface area contributed by atoms with E-state index in [-0.39, 0.29) is 0 Å². The van der Waals surface area contributed by atoms with Gasteiger partial charge in [-0.15, -0.1) is 0 Å². The lowest BCUT2D eigenvalue weighted by Gasteiger charge is -2.12. The second kappa shape index (κ2) is 9.09. The highest BCUT2D eigenvalue weighted by Crippen LogP contribution is 2.31. The Balaban J connectivity index is 1.63. The predicted molar refractivity (Wildman–Crippen MR) is 109 cm³/mol. The number of benzene rings is 2. The molecule has 0 aliphatic carbocycles. The van der Waals surface area contributed by atoms with Gasteiger partial charge < -0.3 is 20.1 Å². The summed E-state index contributed by atoms with van der Waals surface area (Å²) in [4.78, 5) is 8.75. The zero-order valence-electron chi connectivity index (χ0n) is 15.2. The van der Waals surface area contributed by atoms with Gasteiger partial charge in [0.1, 0.15) is 17.3 Å². The zero-order chi connectivity index (χ0) is 19.1. The van der Waals surface area contributed by atoms with Gasteiger partial charge in [-0.3, -0.25) is 0 Å². The van der Waals surface area contributed by atoms with E-state index in [1.54, 1.807) is 26.5 Å². The van der Waals surface area contributed by atoms with Crippen molar-refractivity contribution in [1.82, 2.24) is 9.97 Å². The summed E-state index contributed by atoms with van der Waals surface area (Å²) in [5.74, 6) is 2.61. The molecule has 0 radical (unpaired) electrons. The number of rotatable bonds is 8. The second-order valence-corrected chi connectivity index (χ2v) is 6.20. The molecule has 3 rings (SSSR count). The van der Waals surface area contributed by atoms with Gasteiger partial charge in [0.15, 0.2) is 0 Å². The van der Waals surface area contributed by atoms with Crippen molar-refractivity contribution in [3.8, 4) is 11.5 Å². The lowest BCUT2D eigenvalue weighted by atomic mass is 10.1. The average molecular weight is 385 g/mol. The van der Waals surface area contributed by atoms with Gasteiger partial charge >= 0.3 is 0 Å². The third-order valence-electron chi connectivity index (χ3n) is 3.91. The van der Waals surface area contributed by atoms with Crippen LogP contribution < -0.4 is 20.1 Å². The fourth-order valence-electron chi connectivity index (χ4n) is 2.56. The van der Waals surface area contributed by atoms with Crippen LogP contribution in [0.25, 0.3) is 0 Å². The average Bonchev–Trinajstić information content (AvgIpc) is 2.69. The third-order valence-corrected chi connectivity index (χ3v) is 4.15. The van der Waals surface area contributed by atoms with Gasteiger partial charge in [0.25, 0.3) is 0 Å². The van der Waals surface area contributed by atoms with E-state index in [0.29, 0.717) is 24.1 Å². The molecule has 0 aliphatic rings. The van der Waals surface area contributed by atoms with E-state index in [1.165, 1.54) is 0 Å². The topological polar surface area (TPSA) is 68.3 Å². The SMILES string of the molecule is COc1ccc(Nc2ccnc(NCCc3cccc(Cl)c3)n2)c(OC)c1. The summed E-state index contributed by atoms with van der Waals surface area (Å²) in [6, 6.07) is 15.2. The number of nitrogens with one attached hydrogen (secondary N) is 2. The monoisotopic (exact) mass is 384 g/mol. The molecule has 6 nitrogen and oxygen atoms in total. The van der Waals surface area contributed by atoms with Crippen LogP contribution in [0.5, 0.6) is 11.5 Å². The first kappa shape index (κ1) is 18.8. The first-order valence-electron chi connectivity index (χ1n) is 8.48. The van der Waals surface area contributed by atoms with Crippen LogP contribution in [-0.4, -0.2) is 30.7 Å². The van der Waals surface area contributed by atoms with E-state index >= 15 is 0 Å². The van der Waals surface area contributed by atoms with E-state index in [4.69, 9.17) is 21.1 Å². The fraction of sp³-hybridized carbons (Fsp3) is 0.200. The van der Waals surface area contributed by atoms with E-state index in [2.05, 4.69) is 20.6 Å². The Bertz CT molecular complexity index is 905. The van der Waals surface area contributed by atoms with Gasteiger partial charge in [-0.25, -0.2) is 4.98 Å². The molecule has 0 fully saturated rings. The van der Waals surface area contributed by atoms with Crippen molar-refractivity contribution in [3.63, 3.8) is 0 Å². The number of anilines is 3. The van der Waals surface area contributed by atoms with E-state index in [9.17, 15) is 0 Å². The number of nitrogens with zero attached hydrogens (tertiary/aromatic N) is 2. The van der Waals surface area contributed by atoms with Crippen molar-refractivity contribution in [3.05, 3.63) is 65.3 Å². The van der Waals surface area contributed by atoms with Crippen LogP contribution in [0.3, 0.4) is 0 Å². The molecular weight excluding hydrogens is 364 g/mol. The van der Waals surface area contributed by atoms with Crippen molar-refractivity contribution in [2.45, 2.75) is 6.42 Å². The summed E-state index contributed by atoms with van der Waals surface area (Å²) in [5, 5.41) is 7.21. The standard InChI is InChI=1S/C20H21ClN4O2/c1-26-16-6-7-17(18(13-16)27-2)24-19-9-11-23-20(25-19)22-10-8-14-4-3-5-15(21)12-14/h3-7,9,11-13H,8,10H2,1-2H3,(H2,22,23,24,25). The Kier molecular flexibility index (Phi) is 6.33. The van der Waals surface area contributed by atoms with Crippen LogP contribution in [0.2, 0.25) is 5.02 Å². The van der Waals surface area contributed by atoms with Gasteiger partial charge in [-0.05, 0) is 42.3 Å². The smallest absolute Gasteiger partial charge is 0.224 e. The molecule has 2 N–H and O–H groups in total. The van der Waals surface area contributed by atoms with Crippen molar-refractivity contribution in [2.24, 2.45) is 0 Å². The highest BCUT2D eigenvalue weighted by atomic mass is 35.5. The van der Waals surface area contributed by atoms with Crippen molar-refractivity contribution in [2.75, 3.05) is 31.4 Å². The van der Waals surface area contributed by atoms with Crippen LogP contribution in [0.1, 0.15) is 5.56 Å². The second-order valence-electron chi connectivity index (χ2n) is 5.76. The maximum atomic E-state index is 6.01. The maximum absolute atomic E-state index is 6.01. The van der Waals surface area contributed by atoms with Gasteiger partial charge in [0, 0.05) is 23.8 Å². The summed E-state index contributed by atoms with van der Waals surface area (Å²) in [6.45, 7) is 0.704. The molecule has 140 valence electrons. The van der Waals surface area contributed by atoms with Crippen molar-refractivity contribution >= 4 is 29.1 Å².